The third-order valence-electron chi connectivity index (χ3n) is 14.0. The van der Waals surface area contributed by atoms with Crippen molar-refractivity contribution in [3.63, 3.8) is 0 Å². The largest absolute Gasteiger partial charge is 0.310 e. The van der Waals surface area contributed by atoms with E-state index < -0.39 is 0 Å². The molecule has 0 fully saturated rings. The molecule has 10 aromatic rings. The molecule has 2 heteroatoms. The number of rotatable bonds is 10. The first kappa shape index (κ1) is 42.8. The van der Waals surface area contributed by atoms with E-state index in [1.54, 1.807) is 0 Å². The summed E-state index contributed by atoms with van der Waals surface area (Å²) in [4.78, 5) is 5.08. The highest BCUT2D eigenvalue weighted by Crippen LogP contribution is 2.52. The van der Waals surface area contributed by atoms with Crippen molar-refractivity contribution in [2.75, 3.05) is 9.80 Å². The minimum Gasteiger partial charge on any atom is -0.310 e. The Hall–Kier alpha value is -7.16. The van der Waals surface area contributed by atoms with Gasteiger partial charge in [-0.1, -0.05) is 160 Å². The van der Waals surface area contributed by atoms with Gasteiger partial charge in [-0.25, -0.2) is 0 Å². The molecule has 0 unspecified atom stereocenters. The highest BCUT2D eigenvalue weighted by atomic mass is 15.2. The minimum atomic E-state index is 0.285. The Labute approximate surface area is 392 Å². The summed E-state index contributed by atoms with van der Waals surface area (Å²) in [5.74, 6) is 0.569. The van der Waals surface area contributed by atoms with Crippen LogP contribution in [0.25, 0.3) is 54.6 Å². The Balaban J connectivity index is 1.31. The number of aryl methyl sites for hydroxylation is 6. The SMILES string of the molecule is Cc1ccc(N(c2cc(-c3ccccc3C)ccc2C)c2cc(C(C)C)c3ccc4c(N(c5ccc(C)cc5)c5cc(-c6ccccc6C)ccc5C)cc(C(C)C)c5ccc2c3c54)cc1. The van der Waals surface area contributed by atoms with Crippen LogP contribution in [0.15, 0.2) is 170 Å². The molecule has 10 rings (SSSR count). The van der Waals surface area contributed by atoms with Crippen molar-refractivity contribution >= 4 is 66.4 Å². The van der Waals surface area contributed by atoms with Gasteiger partial charge in [-0.15, -0.1) is 0 Å². The Kier molecular flexibility index (Phi) is 11.0. The van der Waals surface area contributed by atoms with Crippen LogP contribution in [-0.4, -0.2) is 0 Å². The van der Waals surface area contributed by atoms with Gasteiger partial charge in [0.05, 0.1) is 11.4 Å². The summed E-state index contributed by atoms with van der Waals surface area (Å²) in [6.45, 7) is 22.7. The van der Waals surface area contributed by atoms with E-state index in [9.17, 15) is 0 Å². The van der Waals surface area contributed by atoms with Crippen molar-refractivity contribution in [3.05, 3.63) is 214 Å². The molecule has 2 nitrogen and oxygen atoms in total. The van der Waals surface area contributed by atoms with Crippen LogP contribution in [0.3, 0.4) is 0 Å². The molecule has 0 N–H and O–H groups in total. The molecule has 0 atom stereocenters. The van der Waals surface area contributed by atoms with Gasteiger partial charge in [0.25, 0.3) is 0 Å². The molecule has 326 valence electrons. The molecule has 0 saturated carbocycles. The quantitative estimate of drug-likeness (QED) is 0.126. The summed E-state index contributed by atoms with van der Waals surface area (Å²) >= 11 is 0. The Bertz CT molecular complexity index is 3190. The molecule has 0 amide bonds. The van der Waals surface area contributed by atoms with E-state index >= 15 is 0 Å². The van der Waals surface area contributed by atoms with E-state index in [1.165, 1.54) is 122 Å². The summed E-state index contributed by atoms with van der Waals surface area (Å²) in [7, 11) is 0. The third-order valence-corrected chi connectivity index (χ3v) is 14.0. The zero-order valence-corrected chi connectivity index (χ0v) is 40.2. The van der Waals surface area contributed by atoms with E-state index in [1.807, 2.05) is 0 Å². The molecule has 0 aromatic heterocycles. The van der Waals surface area contributed by atoms with Gasteiger partial charge in [-0.3, -0.25) is 0 Å². The summed E-state index contributed by atoms with van der Waals surface area (Å²) in [5.41, 5.74) is 22.2. The van der Waals surface area contributed by atoms with Crippen LogP contribution < -0.4 is 9.80 Å². The molecule has 0 heterocycles. The Morgan fingerprint density at radius 2 is 0.682 bits per heavy atom. The molecule has 0 aliphatic carbocycles. The molecular weight excluding hydrogens is 797 g/mol. The van der Waals surface area contributed by atoms with Crippen LogP contribution in [0.1, 0.15) is 84.0 Å². The number of hydrogen-bond donors (Lipinski definition) is 0. The van der Waals surface area contributed by atoms with Gasteiger partial charge in [0.1, 0.15) is 0 Å². The van der Waals surface area contributed by atoms with Gasteiger partial charge in [-0.2, -0.15) is 0 Å². The van der Waals surface area contributed by atoms with E-state index in [0.29, 0.717) is 0 Å². The lowest BCUT2D eigenvalue weighted by atomic mass is 9.84. The maximum atomic E-state index is 2.54. The molecule has 0 aliphatic rings. The van der Waals surface area contributed by atoms with Gasteiger partial charge < -0.3 is 9.80 Å². The number of anilines is 6. The third kappa shape index (κ3) is 7.39. The smallest absolute Gasteiger partial charge is 0.0543 e. The lowest BCUT2D eigenvalue weighted by molar-refractivity contribution is 0.875. The van der Waals surface area contributed by atoms with Crippen LogP contribution >= 0.6 is 0 Å². The molecule has 0 bridgehead atoms. The fourth-order valence-corrected chi connectivity index (χ4v) is 10.4. The maximum absolute atomic E-state index is 2.54. The predicted octanol–water partition coefficient (Wildman–Crippen LogP) is 19.0. The topological polar surface area (TPSA) is 6.48 Å². The molecule has 0 radical (unpaired) electrons. The minimum absolute atomic E-state index is 0.285. The highest BCUT2D eigenvalue weighted by molar-refractivity contribution is 6.29. The summed E-state index contributed by atoms with van der Waals surface area (Å²) in [5, 5.41) is 7.80. The van der Waals surface area contributed by atoms with Gasteiger partial charge >= 0.3 is 0 Å². The summed E-state index contributed by atoms with van der Waals surface area (Å²) < 4.78 is 0. The zero-order chi connectivity index (χ0) is 46.0. The lowest BCUT2D eigenvalue weighted by Gasteiger charge is -2.33. The van der Waals surface area contributed by atoms with Crippen molar-refractivity contribution in [3.8, 4) is 22.3 Å². The summed E-state index contributed by atoms with van der Waals surface area (Å²) in [6, 6.07) is 64.3. The highest BCUT2D eigenvalue weighted by Gasteiger charge is 2.27. The van der Waals surface area contributed by atoms with Crippen LogP contribution in [0.2, 0.25) is 0 Å². The first-order valence-corrected chi connectivity index (χ1v) is 23.7. The van der Waals surface area contributed by atoms with E-state index in [-0.39, 0.29) is 11.8 Å². The lowest BCUT2D eigenvalue weighted by Crippen LogP contribution is -2.14. The second-order valence-electron chi connectivity index (χ2n) is 19.3. The second kappa shape index (κ2) is 17.0. The van der Waals surface area contributed by atoms with Gasteiger partial charge in [0, 0.05) is 33.5 Å². The van der Waals surface area contributed by atoms with E-state index in [0.717, 1.165) is 11.4 Å². The average Bonchev–Trinajstić information content (AvgIpc) is 3.31. The molecule has 10 aromatic carbocycles. The van der Waals surface area contributed by atoms with E-state index in [4.69, 9.17) is 0 Å². The predicted molar refractivity (Wildman–Crippen MR) is 287 cm³/mol. The van der Waals surface area contributed by atoms with Crippen LogP contribution in [-0.2, 0) is 0 Å². The monoisotopic (exact) mass is 856 g/mol. The van der Waals surface area contributed by atoms with Crippen molar-refractivity contribution in [1.29, 1.82) is 0 Å². The van der Waals surface area contributed by atoms with Crippen molar-refractivity contribution < 1.29 is 0 Å². The molecule has 0 aliphatic heterocycles. The standard InChI is InChI=1S/C64H60N2/c1-39(2)57-37-61(65(49-27-19-41(5)20-28-49)59-35-47(25-23-45(59)9)51-17-13-11-15-43(51)7)55-34-32-54-58(40(3)4)38-62(56-33-31-53(57)63(55)64(54)56)66(50-29-21-42(6)22-30-50)60-36-48(26-24-46(60)10)52-18-14-12-16-44(52)8/h11-40H,1-10H3. The maximum Gasteiger partial charge on any atom is 0.0543 e. The molecule has 66 heavy (non-hydrogen) atoms. The van der Waals surface area contributed by atoms with Gasteiger partial charge in [-0.05, 0) is 179 Å². The zero-order valence-electron chi connectivity index (χ0n) is 40.2. The Morgan fingerprint density at radius 3 is 1.05 bits per heavy atom. The first-order chi connectivity index (χ1) is 31.9. The number of hydrogen-bond acceptors (Lipinski definition) is 2. The normalized spacial score (nSPS) is 11.8. The van der Waals surface area contributed by atoms with Crippen LogP contribution in [0.5, 0.6) is 0 Å². The van der Waals surface area contributed by atoms with Gasteiger partial charge in [0.2, 0.25) is 0 Å². The summed E-state index contributed by atoms with van der Waals surface area (Å²) in [6.07, 6.45) is 0. The van der Waals surface area contributed by atoms with E-state index in [2.05, 4.69) is 249 Å². The van der Waals surface area contributed by atoms with Crippen molar-refractivity contribution in [1.82, 2.24) is 0 Å². The van der Waals surface area contributed by atoms with Crippen molar-refractivity contribution in [2.24, 2.45) is 0 Å². The first-order valence-electron chi connectivity index (χ1n) is 23.7. The van der Waals surface area contributed by atoms with Crippen molar-refractivity contribution in [2.45, 2.75) is 81.1 Å². The Morgan fingerprint density at radius 1 is 0.318 bits per heavy atom. The number of nitrogens with zero attached hydrogens (tertiary/aromatic N) is 2. The fraction of sp³-hybridized carbons (Fsp3) is 0.188. The number of benzene rings is 10. The second-order valence-corrected chi connectivity index (χ2v) is 19.3. The van der Waals surface area contributed by atoms with Crippen LogP contribution in [0, 0.1) is 41.5 Å². The molecular formula is C64H60N2. The average molecular weight is 857 g/mol. The fourth-order valence-electron chi connectivity index (χ4n) is 10.4. The molecule has 0 saturated heterocycles. The van der Waals surface area contributed by atoms with Crippen LogP contribution in [0.4, 0.5) is 34.1 Å². The van der Waals surface area contributed by atoms with Gasteiger partial charge in [0.15, 0.2) is 0 Å². The molecule has 0 spiro atoms.